The molecule has 2 fully saturated rings. The number of hydrogen-bond acceptors (Lipinski definition) is 6. The zero-order valence-electron chi connectivity index (χ0n) is 24.3. The minimum absolute atomic E-state index is 0.107. The van der Waals surface area contributed by atoms with E-state index >= 15 is 0 Å². The van der Waals surface area contributed by atoms with Crippen LogP contribution in [0.5, 0.6) is 5.75 Å². The third kappa shape index (κ3) is 5.98. The van der Waals surface area contributed by atoms with Crippen molar-refractivity contribution in [1.29, 1.82) is 5.41 Å². The number of anilines is 1. The quantitative estimate of drug-likeness (QED) is 0.264. The highest BCUT2D eigenvalue weighted by atomic mass is 35.5. The summed E-state index contributed by atoms with van der Waals surface area (Å²) in [6, 6.07) is 4.82. The van der Waals surface area contributed by atoms with Gasteiger partial charge in [0.1, 0.15) is 24.1 Å². The van der Waals surface area contributed by atoms with Crippen molar-refractivity contribution in [2.45, 2.75) is 50.9 Å². The van der Waals surface area contributed by atoms with Gasteiger partial charge >= 0.3 is 0 Å². The molecule has 0 aromatic heterocycles. The number of fused-ring (bicyclic) bond motifs is 1. The monoisotopic (exact) mass is 601 g/mol. The Balaban J connectivity index is 1.47. The Morgan fingerprint density at radius 3 is 2.64 bits per heavy atom. The Bertz CT molecular complexity index is 1370. The van der Waals surface area contributed by atoms with Crippen molar-refractivity contribution >= 4 is 29.0 Å². The summed E-state index contributed by atoms with van der Waals surface area (Å²) >= 11 is 6.77. The predicted octanol–water partition coefficient (Wildman–Crippen LogP) is 5.00. The summed E-state index contributed by atoms with van der Waals surface area (Å²) in [5.41, 5.74) is 1.40. The number of amides is 1. The molecule has 2 aromatic rings. The highest BCUT2D eigenvalue weighted by molar-refractivity contribution is 6.34. The number of nitrogens with one attached hydrogen (secondary N) is 2. The van der Waals surface area contributed by atoms with Crippen LogP contribution in [0.2, 0.25) is 5.02 Å². The molecule has 3 aliphatic rings. The molecule has 0 bridgehead atoms. The maximum atomic E-state index is 15.0. The molecule has 0 aliphatic carbocycles. The fraction of sp³-hybridized carbons (Fsp3) is 0.484. The van der Waals surface area contributed by atoms with E-state index < -0.39 is 11.6 Å². The van der Waals surface area contributed by atoms with Gasteiger partial charge in [-0.15, -0.1) is 0 Å². The van der Waals surface area contributed by atoms with Gasteiger partial charge < -0.3 is 29.5 Å². The molecule has 2 saturated heterocycles. The molecule has 0 saturated carbocycles. The van der Waals surface area contributed by atoms with Gasteiger partial charge in [-0.3, -0.25) is 10.2 Å². The van der Waals surface area contributed by atoms with Crippen molar-refractivity contribution in [3.8, 4) is 16.9 Å². The lowest BCUT2D eigenvalue weighted by Gasteiger charge is -2.45. The number of piperazine rings is 1. The second kappa shape index (κ2) is 12.6. The van der Waals surface area contributed by atoms with Crippen LogP contribution in [-0.4, -0.2) is 97.1 Å². The Morgan fingerprint density at radius 2 is 1.95 bits per heavy atom. The minimum Gasteiger partial charge on any atom is -0.488 e. The van der Waals surface area contributed by atoms with E-state index in [1.165, 1.54) is 18.2 Å². The fourth-order valence-corrected chi connectivity index (χ4v) is 6.41. The molecule has 0 unspecified atom stereocenters. The number of likely N-dealkylation sites (N-methyl/N-ethyl adjacent to an activating group) is 1. The van der Waals surface area contributed by atoms with Gasteiger partial charge in [0.15, 0.2) is 5.75 Å². The van der Waals surface area contributed by atoms with E-state index in [1.54, 1.807) is 11.0 Å². The second-order valence-electron chi connectivity index (χ2n) is 11.5. The third-order valence-electron chi connectivity index (χ3n) is 8.50. The van der Waals surface area contributed by atoms with Gasteiger partial charge in [0.05, 0.1) is 30.0 Å². The number of halogens is 3. The number of benzene rings is 2. The van der Waals surface area contributed by atoms with Gasteiger partial charge in [0.2, 0.25) is 5.91 Å². The standard InChI is InChI=1S/C31H38ClF2N5O3/c1-5-27(40)38-13-19(3)39(14-18(38)2)31(35)24-12-25(32)28(23-9-8-20(33)11-26(23)34)30-29(24)36-21(16-42-30)15-41-17-22-7-6-10-37(22)4/h5,8-9,11-12,18-19,21-22,35-36H,1,6-7,10,13-17H2,2-4H3/t18-,19+,21+,22-/m1/s1. The van der Waals surface area contributed by atoms with Crippen LogP contribution >= 0.6 is 11.6 Å². The summed E-state index contributed by atoms with van der Waals surface area (Å²) in [6.45, 7) is 10.7. The number of ether oxygens (including phenoxy) is 2. The van der Waals surface area contributed by atoms with E-state index in [9.17, 15) is 19.0 Å². The number of amidine groups is 1. The molecular formula is C31H38ClF2N5O3. The summed E-state index contributed by atoms with van der Waals surface area (Å²) in [5, 5.41) is 12.9. The van der Waals surface area contributed by atoms with Crippen molar-refractivity contribution in [3.05, 3.63) is 59.1 Å². The average molecular weight is 602 g/mol. The number of likely N-dealkylation sites (tertiary alicyclic amines) is 1. The van der Waals surface area contributed by atoms with E-state index in [-0.39, 0.29) is 47.1 Å². The molecule has 226 valence electrons. The van der Waals surface area contributed by atoms with E-state index in [0.29, 0.717) is 54.9 Å². The maximum absolute atomic E-state index is 15.0. The molecule has 42 heavy (non-hydrogen) atoms. The molecule has 0 spiro atoms. The number of carbonyl (C=O) groups is 1. The molecule has 0 radical (unpaired) electrons. The van der Waals surface area contributed by atoms with Crippen molar-refractivity contribution in [3.63, 3.8) is 0 Å². The zero-order chi connectivity index (χ0) is 30.1. The van der Waals surface area contributed by atoms with Gasteiger partial charge in [0, 0.05) is 54.0 Å². The topological polar surface area (TPSA) is 81.1 Å². The lowest BCUT2D eigenvalue weighted by Crippen LogP contribution is -2.59. The Kier molecular flexibility index (Phi) is 9.05. The second-order valence-corrected chi connectivity index (χ2v) is 11.9. The first-order valence-corrected chi connectivity index (χ1v) is 14.7. The fourth-order valence-electron chi connectivity index (χ4n) is 6.12. The van der Waals surface area contributed by atoms with Crippen LogP contribution < -0.4 is 10.1 Å². The molecule has 8 nitrogen and oxygen atoms in total. The number of nitrogens with zero attached hydrogens (tertiary/aromatic N) is 3. The first kappa shape index (κ1) is 30.3. The van der Waals surface area contributed by atoms with Crippen LogP contribution in [0.3, 0.4) is 0 Å². The van der Waals surface area contributed by atoms with E-state index in [2.05, 4.69) is 23.8 Å². The van der Waals surface area contributed by atoms with Crippen LogP contribution in [-0.2, 0) is 9.53 Å². The summed E-state index contributed by atoms with van der Waals surface area (Å²) in [7, 11) is 2.10. The molecule has 1 amide bonds. The number of rotatable bonds is 7. The molecule has 2 N–H and O–H groups in total. The first-order chi connectivity index (χ1) is 20.1. The third-order valence-corrected chi connectivity index (χ3v) is 8.80. The lowest BCUT2D eigenvalue weighted by atomic mass is 9.96. The average Bonchev–Trinajstić information content (AvgIpc) is 3.37. The lowest BCUT2D eigenvalue weighted by molar-refractivity contribution is -0.130. The number of carbonyl (C=O) groups excluding carboxylic acids is 1. The summed E-state index contributed by atoms with van der Waals surface area (Å²) < 4.78 is 41.1. The minimum atomic E-state index is -0.762. The van der Waals surface area contributed by atoms with E-state index in [1.807, 2.05) is 18.7 Å². The van der Waals surface area contributed by atoms with Gasteiger partial charge in [-0.25, -0.2) is 8.78 Å². The Labute approximate surface area is 250 Å². The van der Waals surface area contributed by atoms with Gasteiger partial charge in [-0.2, -0.15) is 0 Å². The van der Waals surface area contributed by atoms with Crippen LogP contribution in [0, 0.1) is 17.0 Å². The first-order valence-electron chi connectivity index (χ1n) is 14.4. The van der Waals surface area contributed by atoms with Crippen LogP contribution in [0.25, 0.3) is 11.1 Å². The normalized spacial score (nSPS) is 24.1. The smallest absolute Gasteiger partial charge is 0.246 e. The van der Waals surface area contributed by atoms with Gasteiger partial charge in [-0.05, 0) is 64.6 Å². The van der Waals surface area contributed by atoms with Crippen LogP contribution in [0.15, 0.2) is 36.9 Å². The van der Waals surface area contributed by atoms with Crippen molar-refractivity contribution in [2.75, 3.05) is 51.8 Å². The highest BCUT2D eigenvalue weighted by Crippen LogP contribution is 2.47. The molecule has 4 atom stereocenters. The number of hydrogen-bond donors (Lipinski definition) is 2. The molecule has 2 aromatic carbocycles. The van der Waals surface area contributed by atoms with Crippen molar-refractivity contribution in [2.24, 2.45) is 0 Å². The van der Waals surface area contributed by atoms with E-state index in [0.717, 1.165) is 25.5 Å². The van der Waals surface area contributed by atoms with Crippen LogP contribution in [0.1, 0.15) is 32.3 Å². The molecule has 3 aliphatic heterocycles. The Hall–Kier alpha value is -3.21. The summed E-state index contributed by atoms with van der Waals surface area (Å²) in [4.78, 5) is 18.4. The van der Waals surface area contributed by atoms with Crippen molar-refractivity contribution in [1.82, 2.24) is 14.7 Å². The Morgan fingerprint density at radius 1 is 1.21 bits per heavy atom. The van der Waals surface area contributed by atoms with Gasteiger partial charge in [-0.1, -0.05) is 18.2 Å². The molecule has 11 heteroatoms. The molecular weight excluding hydrogens is 564 g/mol. The summed E-state index contributed by atoms with van der Waals surface area (Å²) in [6.07, 6.45) is 3.56. The SMILES string of the molecule is C=CC(=O)N1C[C@H](C)N(C(=N)c2cc(Cl)c(-c3ccc(F)cc3F)c3c2N[C@@H](COC[C@H]2CCCN2C)CO3)C[C@H]1C. The van der Waals surface area contributed by atoms with Gasteiger partial charge in [0.25, 0.3) is 0 Å². The largest absolute Gasteiger partial charge is 0.488 e. The van der Waals surface area contributed by atoms with E-state index in [4.69, 9.17) is 21.1 Å². The predicted molar refractivity (Wildman–Crippen MR) is 161 cm³/mol. The molecule has 3 heterocycles. The molecule has 5 rings (SSSR count). The van der Waals surface area contributed by atoms with Crippen molar-refractivity contribution < 1.29 is 23.0 Å². The maximum Gasteiger partial charge on any atom is 0.246 e. The zero-order valence-corrected chi connectivity index (χ0v) is 25.0. The highest BCUT2D eigenvalue weighted by Gasteiger charge is 2.36. The van der Waals surface area contributed by atoms with Crippen LogP contribution in [0.4, 0.5) is 14.5 Å². The summed E-state index contributed by atoms with van der Waals surface area (Å²) in [5.74, 6) is -1.09.